The summed E-state index contributed by atoms with van der Waals surface area (Å²) in [6.07, 6.45) is 2.45. The number of amides is 1. The van der Waals surface area contributed by atoms with Crippen molar-refractivity contribution < 1.29 is 14.3 Å². The summed E-state index contributed by atoms with van der Waals surface area (Å²) in [5, 5.41) is 9.30. The van der Waals surface area contributed by atoms with Crippen molar-refractivity contribution in [2.45, 2.75) is 31.7 Å². The van der Waals surface area contributed by atoms with Gasteiger partial charge in [0.15, 0.2) is 0 Å². The van der Waals surface area contributed by atoms with Crippen LogP contribution in [0.1, 0.15) is 25.1 Å². The van der Waals surface area contributed by atoms with Crippen molar-refractivity contribution >= 4 is 22.0 Å². The van der Waals surface area contributed by atoms with E-state index in [9.17, 15) is 14.3 Å². The molecule has 0 aliphatic carbocycles. The summed E-state index contributed by atoms with van der Waals surface area (Å²) in [6, 6.07) is 6.11. The average Bonchev–Trinajstić information content (AvgIpc) is 2.89. The van der Waals surface area contributed by atoms with Gasteiger partial charge in [-0.05, 0) is 59.5 Å². The largest absolute Gasteiger partial charge is 0.465 e. The normalized spacial score (nSPS) is 18.2. The zero-order chi connectivity index (χ0) is 16.4. The molecule has 1 atom stereocenters. The second-order valence-corrected chi connectivity index (χ2v) is 6.44. The minimum atomic E-state index is -0.876. The molecule has 7 heteroatoms. The number of likely N-dealkylation sites (tertiary alicyclic amines) is 1. The highest BCUT2D eigenvalue weighted by Crippen LogP contribution is 2.28. The molecule has 1 aromatic heterocycles. The molecule has 23 heavy (non-hydrogen) atoms. The summed E-state index contributed by atoms with van der Waals surface area (Å²) >= 11 is 3.42. The molecule has 1 aromatic carbocycles. The number of nitrogens with zero attached hydrogens (tertiary/aromatic N) is 2. The maximum absolute atomic E-state index is 13.0. The third kappa shape index (κ3) is 3.55. The lowest BCUT2D eigenvalue weighted by Gasteiger charge is -2.33. The Bertz CT molecular complexity index is 702. The second-order valence-electron chi connectivity index (χ2n) is 5.69. The minimum absolute atomic E-state index is 0.0552. The molecule has 0 bridgehead atoms. The lowest BCUT2D eigenvalue weighted by atomic mass is 10.00. The Kier molecular flexibility index (Phi) is 4.66. The summed E-state index contributed by atoms with van der Waals surface area (Å²) < 4.78 is 13.7. The van der Waals surface area contributed by atoms with E-state index in [1.54, 1.807) is 12.1 Å². The number of benzene rings is 1. The van der Waals surface area contributed by atoms with E-state index in [-0.39, 0.29) is 11.9 Å². The molecule has 1 saturated heterocycles. The smallest absolute Gasteiger partial charge is 0.407 e. The predicted octanol–water partition coefficient (Wildman–Crippen LogP) is 4.05. The van der Waals surface area contributed by atoms with E-state index in [1.807, 2.05) is 0 Å². The van der Waals surface area contributed by atoms with Gasteiger partial charge in [0.2, 0.25) is 0 Å². The molecule has 0 unspecified atom stereocenters. The summed E-state index contributed by atoms with van der Waals surface area (Å²) in [7, 11) is 0. The van der Waals surface area contributed by atoms with Crippen molar-refractivity contribution in [3.05, 3.63) is 40.5 Å². The van der Waals surface area contributed by atoms with Crippen LogP contribution in [-0.2, 0) is 6.42 Å². The quantitative estimate of drug-likeness (QED) is 0.842. The zero-order valence-corrected chi connectivity index (χ0v) is 14.0. The maximum atomic E-state index is 13.0. The Balaban J connectivity index is 1.80. The number of aromatic amines is 1. The van der Waals surface area contributed by atoms with Gasteiger partial charge in [-0.15, -0.1) is 0 Å². The van der Waals surface area contributed by atoms with Crippen LogP contribution in [0.15, 0.2) is 28.9 Å². The monoisotopic (exact) mass is 381 g/mol. The highest BCUT2D eigenvalue weighted by Gasteiger charge is 2.27. The summed E-state index contributed by atoms with van der Waals surface area (Å²) in [5.74, 6) is 0.443. The summed E-state index contributed by atoms with van der Waals surface area (Å²) in [5.41, 5.74) is 1.61. The number of piperidine rings is 1. The fourth-order valence-corrected chi connectivity index (χ4v) is 3.53. The van der Waals surface area contributed by atoms with Gasteiger partial charge in [0, 0.05) is 24.6 Å². The van der Waals surface area contributed by atoms with Gasteiger partial charge >= 0.3 is 6.09 Å². The number of aromatic nitrogens is 2. The Hall–Kier alpha value is -1.89. The molecule has 5 nitrogen and oxygen atoms in total. The molecule has 2 aromatic rings. The van der Waals surface area contributed by atoms with Crippen molar-refractivity contribution in [1.29, 1.82) is 0 Å². The van der Waals surface area contributed by atoms with Gasteiger partial charge < -0.3 is 15.0 Å². The Labute approximate surface area is 141 Å². The van der Waals surface area contributed by atoms with Gasteiger partial charge in [-0.25, -0.2) is 14.2 Å². The molecule has 0 saturated carbocycles. The van der Waals surface area contributed by atoms with Gasteiger partial charge in [-0.2, -0.15) is 0 Å². The molecule has 3 rings (SSSR count). The van der Waals surface area contributed by atoms with E-state index < -0.39 is 6.09 Å². The van der Waals surface area contributed by atoms with Crippen LogP contribution >= 0.6 is 15.9 Å². The number of carbonyl (C=O) groups is 1. The van der Waals surface area contributed by atoms with Gasteiger partial charge in [0.05, 0.1) is 5.69 Å². The molecule has 0 radical (unpaired) electrons. The number of hydrogen-bond donors (Lipinski definition) is 2. The minimum Gasteiger partial charge on any atom is -0.465 e. The standard InChI is InChI=1S/C16H17BrFN3O2/c17-15-14(10-4-6-11(18)7-5-10)19-13(20-15)9-12-3-1-2-8-21(12)16(22)23/h4-7,12H,1-3,8-9H2,(H,19,20)(H,22,23)/t12-/m0/s1. The average molecular weight is 382 g/mol. The SMILES string of the molecule is O=C(O)N1CCCC[C@H]1Cc1nc(Br)c(-c2ccc(F)cc2)[nH]1. The first-order chi connectivity index (χ1) is 11.0. The number of H-pyrrole nitrogens is 1. The second kappa shape index (κ2) is 6.70. The van der Waals surface area contributed by atoms with Gasteiger partial charge in [0.25, 0.3) is 0 Å². The first-order valence-electron chi connectivity index (χ1n) is 7.54. The maximum Gasteiger partial charge on any atom is 0.407 e. The van der Waals surface area contributed by atoms with E-state index in [0.29, 0.717) is 17.6 Å². The van der Waals surface area contributed by atoms with E-state index >= 15 is 0 Å². The van der Waals surface area contributed by atoms with Crippen LogP contribution in [0.5, 0.6) is 0 Å². The highest BCUT2D eigenvalue weighted by molar-refractivity contribution is 9.10. The van der Waals surface area contributed by atoms with E-state index in [4.69, 9.17) is 0 Å². The number of halogens is 2. The molecular weight excluding hydrogens is 365 g/mol. The summed E-state index contributed by atoms with van der Waals surface area (Å²) in [6.45, 7) is 0.576. The number of carboxylic acid groups (broad SMARTS) is 1. The number of hydrogen-bond acceptors (Lipinski definition) is 2. The lowest BCUT2D eigenvalue weighted by molar-refractivity contribution is 0.106. The van der Waals surface area contributed by atoms with Crippen LogP contribution in [0.25, 0.3) is 11.3 Å². The molecular formula is C16H17BrFN3O2. The van der Waals surface area contributed by atoms with Crippen LogP contribution in [0.3, 0.4) is 0 Å². The van der Waals surface area contributed by atoms with Crippen LogP contribution in [0.2, 0.25) is 0 Å². The van der Waals surface area contributed by atoms with Crippen LogP contribution in [-0.4, -0.2) is 38.7 Å². The third-order valence-corrected chi connectivity index (χ3v) is 4.72. The topological polar surface area (TPSA) is 69.2 Å². The van der Waals surface area contributed by atoms with E-state index in [1.165, 1.54) is 17.0 Å². The molecule has 1 amide bonds. The van der Waals surface area contributed by atoms with Gasteiger partial charge in [0.1, 0.15) is 16.2 Å². The Morgan fingerprint density at radius 3 is 2.83 bits per heavy atom. The van der Waals surface area contributed by atoms with Gasteiger partial charge in [-0.1, -0.05) is 0 Å². The Morgan fingerprint density at radius 2 is 2.13 bits per heavy atom. The fraction of sp³-hybridized carbons (Fsp3) is 0.375. The number of rotatable bonds is 3. The molecule has 2 heterocycles. The number of nitrogens with one attached hydrogen (secondary N) is 1. The van der Waals surface area contributed by atoms with Crippen molar-refractivity contribution in [3.63, 3.8) is 0 Å². The highest BCUT2D eigenvalue weighted by atomic mass is 79.9. The van der Waals surface area contributed by atoms with Crippen LogP contribution < -0.4 is 0 Å². The van der Waals surface area contributed by atoms with Gasteiger partial charge in [-0.3, -0.25) is 0 Å². The zero-order valence-electron chi connectivity index (χ0n) is 12.4. The van der Waals surface area contributed by atoms with E-state index in [0.717, 1.165) is 36.3 Å². The molecule has 1 fully saturated rings. The van der Waals surface area contributed by atoms with Crippen molar-refractivity contribution in [1.82, 2.24) is 14.9 Å². The predicted molar refractivity (Wildman–Crippen MR) is 87.8 cm³/mol. The first-order valence-corrected chi connectivity index (χ1v) is 8.34. The summed E-state index contributed by atoms with van der Waals surface area (Å²) in [4.78, 5) is 20.5. The first kappa shape index (κ1) is 16.0. The third-order valence-electron chi connectivity index (χ3n) is 4.14. The van der Waals surface area contributed by atoms with Crippen molar-refractivity contribution in [3.8, 4) is 11.3 Å². The molecule has 122 valence electrons. The van der Waals surface area contributed by atoms with E-state index in [2.05, 4.69) is 25.9 Å². The van der Waals surface area contributed by atoms with Crippen molar-refractivity contribution in [2.75, 3.05) is 6.54 Å². The molecule has 1 aliphatic heterocycles. The Morgan fingerprint density at radius 1 is 1.39 bits per heavy atom. The molecule has 1 aliphatic rings. The fourth-order valence-electron chi connectivity index (χ4n) is 2.99. The van der Waals surface area contributed by atoms with Crippen molar-refractivity contribution in [2.24, 2.45) is 0 Å². The molecule has 0 spiro atoms. The lowest BCUT2D eigenvalue weighted by Crippen LogP contribution is -2.44. The number of imidazole rings is 1. The van der Waals surface area contributed by atoms with Crippen LogP contribution in [0.4, 0.5) is 9.18 Å². The van der Waals surface area contributed by atoms with Crippen LogP contribution in [0, 0.1) is 5.82 Å². The molecule has 2 N–H and O–H groups in total.